The molecular weight excluding hydrogens is 831 g/mol. The minimum atomic E-state index is -5.11. The van der Waals surface area contributed by atoms with Gasteiger partial charge in [-0.15, -0.1) is 0 Å². The number of benzene rings is 1. The molecule has 0 unspecified atom stereocenters. The largest absolute Gasteiger partial charge is 0.478 e. The SMILES string of the molecule is CCCOc1cc2c(Cl)cccc2c(O[C@@H]2C[C@H]3C(=O)N[C@]4(C(=O)NS(=O)(=O)C5(C)CC5)C[C@H]4/C=C\CC[C@@H](C)C[C@@H](C)[C@H](N(C(=O)O)C(C)(C)C(F)(F)F)C(=O)N3C2)n1. The number of carbonyl (C=O) groups is 4. The maximum Gasteiger partial charge on any atom is 0.411 e. The van der Waals surface area contributed by atoms with E-state index in [2.05, 4.69) is 15.0 Å². The van der Waals surface area contributed by atoms with Gasteiger partial charge in [-0.25, -0.2) is 13.2 Å². The van der Waals surface area contributed by atoms with Gasteiger partial charge in [0.1, 0.15) is 29.3 Å². The first kappa shape index (κ1) is 45.2. The molecule has 2 aliphatic heterocycles. The molecule has 3 fully saturated rings. The lowest BCUT2D eigenvalue weighted by Crippen LogP contribution is -2.66. The first-order valence-electron chi connectivity index (χ1n) is 20.3. The Bertz CT molecular complexity index is 2170. The highest BCUT2D eigenvalue weighted by atomic mass is 35.5. The summed E-state index contributed by atoms with van der Waals surface area (Å²) < 4.78 is 84.0. The molecule has 4 aliphatic rings. The number of fused-ring (bicyclic) bond motifs is 3. The first-order chi connectivity index (χ1) is 28.0. The van der Waals surface area contributed by atoms with Crippen LogP contribution in [0.2, 0.25) is 5.02 Å². The Morgan fingerprint density at radius 2 is 1.85 bits per heavy atom. The Hall–Kier alpha value is -4.32. The fourth-order valence-corrected chi connectivity index (χ4v) is 9.84. The Morgan fingerprint density at radius 1 is 1.15 bits per heavy atom. The normalized spacial score (nSPS) is 28.9. The summed E-state index contributed by atoms with van der Waals surface area (Å²) in [5.41, 5.74) is -4.79. The number of aromatic nitrogens is 1. The maximum absolute atomic E-state index is 15.1. The molecule has 7 atom stereocenters. The summed E-state index contributed by atoms with van der Waals surface area (Å²) in [5.74, 6) is -4.49. The van der Waals surface area contributed by atoms with Crippen LogP contribution < -0.4 is 19.5 Å². The molecule has 330 valence electrons. The van der Waals surface area contributed by atoms with Gasteiger partial charge in [0.05, 0.1) is 17.9 Å². The van der Waals surface area contributed by atoms with Crippen LogP contribution in [0.4, 0.5) is 18.0 Å². The second kappa shape index (κ2) is 16.5. The van der Waals surface area contributed by atoms with Crippen molar-refractivity contribution in [1.29, 1.82) is 0 Å². The summed E-state index contributed by atoms with van der Waals surface area (Å²) in [6, 6.07) is 3.24. The van der Waals surface area contributed by atoms with E-state index in [4.69, 9.17) is 21.1 Å². The van der Waals surface area contributed by atoms with Gasteiger partial charge >= 0.3 is 12.3 Å². The monoisotopic (exact) mass is 883 g/mol. The number of nitrogens with one attached hydrogen (secondary N) is 2. The molecule has 2 aromatic rings. The average molecular weight is 884 g/mol. The van der Waals surface area contributed by atoms with E-state index in [-0.39, 0.29) is 41.8 Å². The number of carbonyl (C=O) groups excluding carboxylic acids is 3. The molecule has 0 bridgehead atoms. The van der Waals surface area contributed by atoms with E-state index < -0.39 is 92.4 Å². The fraction of sp³-hybridized carbons (Fsp3) is 0.634. The third kappa shape index (κ3) is 8.72. The van der Waals surface area contributed by atoms with Crippen LogP contribution in [0.25, 0.3) is 10.8 Å². The molecule has 0 radical (unpaired) electrons. The lowest BCUT2D eigenvalue weighted by molar-refractivity contribution is -0.222. The van der Waals surface area contributed by atoms with Crippen LogP contribution in [-0.4, -0.2) is 105 Å². The number of allylic oxidation sites excluding steroid dienone is 1. The Balaban J connectivity index is 1.44. The van der Waals surface area contributed by atoms with E-state index in [1.54, 1.807) is 36.4 Å². The summed E-state index contributed by atoms with van der Waals surface area (Å²) in [4.78, 5) is 62.4. The predicted octanol–water partition coefficient (Wildman–Crippen LogP) is 6.60. The summed E-state index contributed by atoms with van der Waals surface area (Å²) in [6.45, 7) is 8.08. The second-order valence-corrected chi connectivity index (χ2v) is 20.2. The molecule has 2 saturated carbocycles. The number of halogens is 4. The van der Waals surface area contributed by atoms with Gasteiger partial charge in [0.25, 0.3) is 5.91 Å². The van der Waals surface area contributed by atoms with Gasteiger partial charge in [0, 0.05) is 34.2 Å². The van der Waals surface area contributed by atoms with E-state index in [1.165, 1.54) is 13.8 Å². The summed E-state index contributed by atoms with van der Waals surface area (Å²) in [6.07, 6.45) is -2.36. The van der Waals surface area contributed by atoms with E-state index in [1.807, 2.05) is 13.8 Å². The smallest absolute Gasteiger partial charge is 0.411 e. The van der Waals surface area contributed by atoms with Crippen molar-refractivity contribution >= 4 is 56.2 Å². The van der Waals surface area contributed by atoms with Crippen molar-refractivity contribution < 1.29 is 55.3 Å². The highest BCUT2D eigenvalue weighted by molar-refractivity contribution is 7.91. The summed E-state index contributed by atoms with van der Waals surface area (Å²) in [7, 11) is -4.13. The Kier molecular flexibility index (Phi) is 12.4. The minimum absolute atomic E-state index is 0.0350. The number of rotatable bonds is 10. The molecule has 1 aromatic carbocycles. The van der Waals surface area contributed by atoms with Crippen LogP contribution >= 0.6 is 11.6 Å². The summed E-state index contributed by atoms with van der Waals surface area (Å²) >= 11 is 6.55. The van der Waals surface area contributed by atoms with E-state index in [0.29, 0.717) is 68.4 Å². The van der Waals surface area contributed by atoms with E-state index >= 15 is 4.79 Å². The standard InChI is InChI=1S/C41H53ClF3N5O9S/c1-7-17-58-31-20-28-27(13-10-14-29(28)42)34(46-31)59-26-19-30-33(51)47-40(36(53)48-60(56,57)39(6)15-16-39)21-25(40)12-9-8-11-23(2)18-24(3)32(35(52)49(30)22-26)50(37(54)55)38(4,5)41(43,44)45/h9-10,12-14,20,23-26,30,32H,7-8,11,15-19,21-22H2,1-6H3,(H,47,51)(H,48,53)(H,54,55)/b12-9-/t23-,24-,25-,26-,30+,32+,40-/m1/s1. The van der Waals surface area contributed by atoms with Crippen molar-refractivity contribution in [3.8, 4) is 11.8 Å². The number of hydrogen-bond donors (Lipinski definition) is 3. The van der Waals surface area contributed by atoms with Gasteiger partial charge in [-0.2, -0.15) is 18.2 Å². The number of amides is 4. The van der Waals surface area contributed by atoms with Crippen LogP contribution in [0, 0.1) is 17.8 Å². The third-order valence-corrected chi connectivity index (χ3v) is 15.0. The molecule has 1 aromatic heterocycles. The molecule has 0 spiro atoms. The zero-order valence-electron chi connectivity index (χ0n) is 34.5. The van der Waals surface area contributed by atoms with Gasteiger partial charge in [-0.05, 0) is 89.7 Å². The molecule has 3 heterocycles. The van der Waals surface area contributed by atoms with E-state index in [0.717, 1.165) is 4.90 Å². The number of hydrogen-bond acceptors (Lipinski definition) is 9. The zero-order chi connectivity index (χ0) is 44.2. The highest BCUT2D eigenvalue weighted by Crippen LogP contribution is 2.48. The molecule has 60 heavy (non-hydrogen) atoms. The van der Waals surface area contributed by atoms with E-state index in [9.17, 15) is 41.1 Å². The molecule has 14 nitrogen and oxygen atoms in total. The molecule has 6 rings (SSSR count). The van der Waals surface area contributed by atoms with Gasteiger partial charge < -0.3 is 24.8 Å². The van der Waals surface area contributed by atoms with Gasteiger partial charge in [-0.1, -0.05) is 50.6 Å². The molecular formula is C41H53ClF3N5O9S. The number of pyridine rings is 1. The van der Waals surface area contributed by atoms with Crippen molar-refractivity contribution in [2.45, 2.75) is 133 Å². The molecule has 4 amide bonds. The average Bonchev–Trinajstić information content (AvgIpc) is 4.04. The van der Waals surface area contributed by atoms with Crippen molar-refractivity contribution in [2.75, 3.05) is 13.2 Å². The van der Waals surface area contributed by atoms with Crippen LogP contribution in [0.1, 0.15) is 92.9 Å². The van der Waals surface area contributed by atoms with Crippen molar-refractivity contribution in [2.24, 2.45) is 17.8 Å². The lowest BCUT2D eigenvalue weighted by Gasteiger charge is -2.45. The number of alkyl halides is 3. The van der Waals surface area contributed by atoms with Gasteiger partial charge in [0.2, 0.25) is 33.6 Å². The lowest BCUT2D eigenvalue weighted by atomic mass is 9.85. The minimum Gasteiger partial charge on any atom is -0.478 e. The van der Waals surface area contributed by atoms with Crippen molar-refractivity contribution in [3.05, 3.63) is 41.4 Å². The topological polar surface area (TPSA) is 185 Å². The number of carboxylic acid groups (broad SMARTS) is 1. The number of ether oxygens (including phenoxy) is 2. The highest BCUT2D eigenvalue weighted by Gasteiger charge is 2.64. The first-order valence-corrected chi connectivity index (χ1v) is 22.2. The number of nitrogens with zero attached hydrogens (tertiary/aromatic N) is 3. The van der Waals surface area contributed by atoms with Crippen molar-refractivity contribution in [1.82, 2.24) is 24.8 Å². The molecule has 1 saturated heterocycles. The predicted molar refractivity (Wildman–Crippen MR) is 216 cm³/mol. The Morgan fingerprint density at radius 3 is 2.48 bits per heavy atom. The fourth-order valence-electron chi connectivity index (χ4n) is 8.30. The molecule has 3 N–H and O–H groups in total. The third-order valence-electron chi connectivity index (χ3n) is 12.5. The van der Waals surface area contributed by atoms with Gasteiger partial charge in [0.15, 0.2) is 0 Å². The number of sulfonamides is 1. The zero-order valence-corrected chi connectivity index (χ0v) is 36.0. The van der Waals surface area contributed by atoms with Crippen LogP contribution in [-0.2, 0) is 24.4 Å². The van der Waals surface area contributed by atoms with Crippen LogP contribution in [0.3, 0.4) is 0 Å². The van der Waals surface area contributed by atoms with Crippen molar-refractivity contribution in [3.63, 3.8) is 0 Å². The Labute approximate surface area is 352 Å². The second-order valence-electron chi connectivity index (χ2n) is 17.6. The summed E-state index contributed by atoms with van der Waals surface area (Å²) in [5, 5.41) is 14.6. The molecule has 2 aliphatic carbocycles. The quantitative estimate of drug-likeness (QED) is 0.220. The van der Waals surface area contributed by atoms with Crippen LogP contribution in [0.5, 0.6) is 11.8 Å². The van der Waals surface area contributed by atoms with Crippen LogP contribution in [0.15, 0.2) is 36.4 Å². The molecule has 19 heteroatoms. The maximum atomic E-state index is 15.1. The van der Waals surface area contributed by atoms with Gasteiger partial charge in [-0.3, -0.25) is 24.0 Å².